The minimum absolute atomic E-state index is 0.242. The van der Waals surface area contributed by atoms with Crippen molar-refractivity contribution in [3.63, 3.8) is 0 Å². The number of rotatable bonds is 8. The van der Waals surface area contributed by atoms with E-state index in [1.54, 1.807) is 18.6 Å². The number of benzene rings is 1. The van der Waals surface area contributed by atoms with Gasteiger partial charge in [-0.2, -0.15) is 10.2 Å². The molecule has 0 amide bonds. The summed E-state index contributed by atoms with van der Waals surface area (Å²) in [7, 11) is 7.21. The monoisotopic (exact) mass is 507 g/mol. The van der Waals surface area contributed by atoms with Gasteiger partial charge in [-0.25, -0.2) is 9.78 Å². The van der Waals surface area contributed by atoms with Crippen molar-refractivity contribution in [2.24, 2.45) is 0 Å². The molecular formula is C25H29N7O3S. The van der Waals surface area contributed by atoms with Crippen LogP contribution in [-0.4, -0.2) is 68.3 Å². The summed E-state index contributed by atoms with van der Waals surface area (Å²) in [6.45, 7) is 1.98. The molecule has 10 nitrogen and oxygen atoms in total. The van der Waals surface area contributed by atoms with E-state index < -0.39 is 5.97 Å². The average Bonchev–Trinajstić information content (AvgIpc) is 3.37. The van der Waals surface area contributed by atoms with Crippen LogP contribution in [0.5, 0.6) is 5.75 Å². The van der Waals surface area contributed by atoms with Crippen LogP contribution < -0.4 is 20.3 Å². The molecule has 2 N–H and O–H groups in total. The molecule has 0 radical (unpaired) electrons. The Hall–Kier alpha value is -3.88. The van der Waals surface area contributed by atoms with E-state index in [1.807, 2.05) is 12.1 Å². The Labute approximate surface area is 214 Å². The molecule has 1 aliphatic heterocycles. The van der Waals surface area contributed by atoms with Gasteiger partial charge in [0.1, 0.15) is 22.3 Å². The lowest BCUT2D eigenvalue weighted by Gasteiger charge is -2.36. The molecule has 4 rings (SSSR count). The maximum Gasteiger partial charge on any atom is 0.350 e. The quantitative estimate of drug-likeness (QED) is 0.429. The Kier molecular flexibility index (Phi) is 7.87. The number of esters is 1. The zero-order valence-electron chi connectivity index (χ0n) is 20.7. The highest BCUT2D eigenvalue weighted by Gasteiger charge is 2.22. The van der Waals surface area contributed by atoms with Crippen LogP contribution in [0.4, 0.5) is 28.8 Å². The van der Waals surface area contributed by atoms with Gasteiger partial charge in [0.2, 0.25) is 5.95 Å². The van der Waals surface area contributed by atoms with E-state index in [0.29, 0.717) is 28.0 Å². The first kappa shape index (κ1) is 25.2. The van der Waals surface area contributed by atoms with Gasteiger partial charge in [-0.05, 0) is 50.5 Å². The minimum Gasteiger partial charge on any atom is -0.494 e. The fourth-order valence-corrected chi connectivity index (χ4v) is 4.91. The lowest BCUT2D eigenvalue weighted by Crippen LogP contribution is -2.41. The normalized spacial score (nSPS) is 13.8. The molecule has 188 valence electrons. The Bertz CT molecular complexity index is 1260. The van der Waals surface area contributed by atoms with Gasteiger partial charge in [0, 0.05) is 30.9 Å². The Morgan fingerprint density at radius 2 is 1.97 bits per heavy atom. The van der Waals surface area contributed by atoms with Crippen molar-refractivity contribution in [1.29, 1.82) is 5.26 Å². The molecule has 3 heterocycles. The number of methoxy groups -OCH3 is 2. The fraction of sp³-hybridized carbons (Fsp3) is 0.360. The van der Waals surface area contributed by atoms with E-state index in [0.717, 1.165) is 31.6 Å². The smallest absolute Gasteiger partial charge is 0.350 e. The van der Waals surface area contributed by atoms with Crippen LogP contribution >= 0.6 is 11.3 Å². The van der Waals surface area contributed by atoms with Crippen molar-refractivity contribution < 1.29 is 14.3 Å². The van der Waals surface area contributed by atoms with Crippen LogP contribution in [0.25, 0.3) is 0 Å². The second kappa shape index (κ2) is 11.2. The minimum atomic E-state index is -0.464. The molecule has 0 bridgehead atoms. The van der Waals surface area contributed by atoms with E-state index in [-0.39, 0.29) is 17.3 Å². The van der Waals surface area contributed by atoms with Gasteiger partial charge in [-0.1, -0.05) is 0 Å². The average molecular weight is 508 g/mol. The number of ether oxygens (including phenoxy) is 2. The first-order valence-electron chi connectivity index (χ1n) is 11.5. The molecule has 0 spiro atoms. The summed E-state index contributed by atoms with van der Waals surface area (Å²) < 4.78 is 10.5. The van der Waals surface area contributed by atoms with E-state index in [1.165, 1.54) is 24.6 Å². The highest BCUT2D eigenvalue weighted by molar-refractivity contribution is 7.12. The molecule has 1 aliphatic rings. The molecule has 11 heteroatoms. The maximum atomic E-state index is 12.0. The number of nitrogens with zero attached hydrogens (tertiary/aromatic N) is 5. The van der Waals surface area contributed by atoms with E-state index >= 15 is 0 Å². The van der Waals surface area contributed by atoms with Crippen LogP contribution in [0.15, 0.2) is 35.8 Å². The Morgan fingerprint density at radius 1 is 1.19 bits per heavy atom. The van der Waals surface area contributed by atoms with Crippen LogP contribution in [0, 0.1) is 11.3 Å². The standard InChI is InChI=1S/C25H29N7O3S/c1-31(2)17-7-10-32(11-8-17)18-5-6-19(21(13-18)34-3)29-25-27-15-16(14-26)23(30-25)28-20-9-12-36-22(20)24(33)35-4/h5-6,9,12-13,15,17H,7-8,10-11H2,1-4H3,(H2,27,28,29,30). The number of piperidine rings is 1. The van der Waals surface area contributed by atoms with Crippen molar-refractivity contribution in [3.05, 3.63) is 46.3 Å². The highest BCUT2D eigenvalue weighted by Crippen LogP contribution is 2.33. The third-order valence-electron chi connectivity index (χ3n) is 6.19. The predicted octanol–water partition coefficient (Wildman–Crippen LogP) is 4.22. The van der Waals surface area contributed by atoms with E-state index in [2.05, 4.69) is 56.6 Å². The molecule has 1 aromatic carbocycles. The van der Waals surface area contributed by atoms with Gasteiger partial charge < -0.3 is 29.9 Å². The lowest BCUT2D eigenvalue weighted by atomic mass is 10.0. The van der Waals surface area contributed by atoms with Gasteiger partial charge in [0.15, 0.2) is 5.82 Å². The van der Waals surface area contributed by atoms with E-state index in [4.69, 9.17) is 9.47 Å². The summed E-state index contributed by atoms with van der Waals surface area (Å²) in [5, 5.41) is 17.5. The number of hydrogen-bond donors (Lipinski definition) is 2. The number of carbonyl (C=O) groups is 1. The Morgan fingerprint density at radius 3 is 2.64 bits per heavy atom. The maximum absolute atomic E-state index is 12.0. The number of hydrogen-bond acceptors (Lipinski definition) is 11. The van der Waals surface area contributed by atoms with Crippen LogP contribution in [0.3, 0.4) is 0 Å². The molecule has 0 aliphatic carbocycles. The molecule has 0 atom stereocenters. The summed E-state index contributed by atoms with van der Waals surface area (Å²) >= 11 is 1.24. The number of nitrogens with one attached hydrogen (secondary N) is 2. The van der Waals surface area contributed by atoms with E-state index in [9.17, 15) is 10.1 Å². The van der Waals surface area contributed by atoms with Crippen LogP contribution in [0.2, 0.25) is 0 Å². The van der Waals surface area contributed by atoms with Crippen molar-refractivity contribution in [2.75, 3.05) is 56.9 Å². The van der Waals surface area contributed by atoms with Crippen molar-refractivity contribution in [3.8, 4) is 11.8 Å². The van der Waals surface area contributed by atoms with Gasteiger partial charge in [0.05, 0.1) is 31.8 Å². The summed E-state index contributed by atoms with van der Waals surface area (Å²) in [6, 6.07) is 10.4. The largest absolute Gasteiger partial charge is 0.494 e. The molecular weight excluding hydrogens is 478 g/mol. The molecule has 1 fully saturated rings. The summed E-state index contributed by atoms with van der Waals surface area (Å²) in [6.07, 6.45) is 3.66. The van der Waals surface area contributed by atoms with Gasteiger partial charge >= 0.3 is 5.97 Å². The molecule has 2 aromatic heterocycles. The van der Waals surface area contributed by atoms with Gasteiger partial charge in [-0.3, -0.25) is 0 Å². The van der Waals surface area contributed by atoms with Crippen molar-refractivity contribution in [1.82, 2.24) is 14.9 Å². The number of nitriles is 1. The van der Waals surface area contributed by atoms with Crippen molar-refractivity contribution in [2.45, 2.75) is 18.9 Å². The molecule has 3 aromatic rings. The summed E-state index contributed by atoms with van der Waals surface area (Å²) in [5.74, 6) is 0.756. The number of carbonyl (C=O) groups excluding carboxylic acids is 1. The first-order valence-corrected chi connectivity index (χ1v) is 12.4. The number of thiophene rings is 1. The zero-order valence-corrected chi connectivity index (χ0v) is 21.6. The molecule has 0 unspecified atom stereocenters. The highest BCUT2D eigenvalue weighted by atomic mass is 32.1. The predicted molar refractivity (Wildman–Crippen MR) is 141 cm³/mol. The second-order valence-corrected chi connectivity index (χ2v) is 9.46. The van der Waals surface area contributed by atoms with Crippen molar-refractivity contribution >= 4 is 46.1 Å². The molecule has 1 saturated heterocycles. The van der Waals surface area contributed by atoms with Crippen LogP contribution in [-0.2, 0) is 4.74 Å². The number of anilines is 5. The second-order valence-electron chi connectivity index (χ2n) is 8.54. The fourth-order valence-electron chi connectivity index (χ4n) is 4.15. The van der Waals surface area contributed by atoms with Gasteiger partial charge in [-0.15, -0.1) is 11.3 Å². The topological polar surface area (TPSA) is 116 Å². The third-order valence-corrected chi connectivity index (χ3v) is 7.08. The lowest BCUT2D eigenvalue weighted by molar-refractivity contribution is 0.0607. The summed E-state index contributed by atoms with van der Waals surface area (Å²) in [4.78, 5) is 25.8. The summed E-state index contributed by atoms with van der Waals surface area (Å²) in [5.41, 5.74) is 2.55. The zero-order chi connectivity index (χ0) is 25.7. The van der Waals surface area contributed by atoms with Gasteiger partial charge in [0.25, 0.3) is 0 Å². The third kappa shape index (κ3) is 5.50. The molecule has 36 heavy (non-hydrogen) atoms. The number of aromatic nitrogens is 2. The molecule has 0 saturated carbocycles. The Balaban J connectivity index is 1.53. The van der Waals surface area contributed by atoms with Crippen LogP contribution in [0.1, 0.15) is 28.1 Å². The first-order chi connectivity index (χ1) is 17.4. The SMILES string of the molecule is COC(=O)c1sccc1Nc1nc(Nc2ccc(N3CCC(N(C)C)CC3)cc2OC)ncc1C#N.